The molecule has 0 saturated heterocycles. The van der Waals surface area contributed by atoms with Crippen LogP contribution in [0.3, 0.4) is 0 Å². The van der Waals surface area contributed by atoms with E-state index in [1.807, 2.05) is 13.8 Å². The van der Waals surface area contributed by atoms with Gasteiger partial charge in [-0.25, -0.2) is 13.1 Å². The van der Waals surface area contributed by atoms with Gasteiger partial charge in [-0.3, -0.25) is 0 Å². The van der Waals surface area contributed by atoms with Gasteiger partial charge in [-0.15, -0.1) is 0 Å². The van der Waals surface area contributed by atoms with Gasteiger partial charge in [-0.05, 0) is 6.42 Å². The van der Waals surface area contributed by atoms with Crippen LogP contribution < -0.4 is 4.72 Å². The molecule has 5 heteroatoms. The molecule has 0 heterocycles. The molecule has 0 spiro atoms. The first-order chi connectivity index (χ1) is 5.49. The summed E-state index contributed by atoms with van der Waals surface area (Å²) in [6, 6.07) is -0.338. The molecule has 1 atom stereocenters. The molecule has 0 aromatic rings. The fourth-order valence-electron chi connectivity index (χ4n) is 0.552. The lowest BCUT2D eigenvalue weighted by molar-refractivity contribution is 0.254. The van der Waals surface area contributed by atoms with Gasteiger partial charge in [0.25, 0.3) is 0 Å². The molecule has 0 aliphatic carbocycles. The van der Waals surface area contributed by atoms with Gasteiger partial charge in [0.15, 0.2) is 0 Å². The van der Waals surface area contributed by atoms with Gasteiger partial charge < -0.3 is 5.11 Å². The summed E-state index contributed by atoms with van der Waals surface area (Å²) in [6.45, 7) is 5.66. The molecule has 0 amide bonds. The molecule has 0 aliphatic heterocycles. The Labute approximate surface area is 75.0 Å². The van der Waals surface area contributed by atoms with Crippen LogP contribution in [0.25, 0.3) is 0 Å². The van der Waals surface area contributed by atoms with Gasteiger partial charge >= 0.3 is 0 Å². The van der Waals surface area contributed by atoms with Crippen molar-refractivity contribution in [2.24, 2.45) is 0 Å². The zero-order valence-electron chi connectivity index (χ0n) is 8.16. The number of rotatable bonds is 4. The van der Waals surface area contributed by atoms with Crippen molar-refractivity contribution in [2.45, 2.75) is 33.2 Å². The first-order valence-electron chi connectivity index (χ1n) is 4.07. The highest BCUT2D eigenvalue weighted by molar-refractivity contribution is 7.88. The molecule has 12 heavy (non-hydrogen) atoms. The average Bonchev–Trinajstić information content (AvgIpc) is 2.02. The summed E-state index contributed by atoms with van der Waals surface area (Å²) in [5.74, 6) is 0. The van der Waals surface area contributed by atoms with E-state index in [1.54, 1.807) is 6.92 Å². The fourth-order valence-corrected chi connectivity index (χ4v) is 1.40. The van der Waals surface area contributed by atoms with Gasteiger partial charge in [-0.2, -0.15) is 0 Å². The summed E-state index contributed by atoms with van der Waals surface area (Å²) in [5, 5.41) is 8.56. The molecular weight excluding hydrogens is 178 g/mol. The molecule has 1 unspecified atom stereocenters. The van der Waals surface area contributed by atoms with E-state index >= 15 is 0 Å². The molecule has 2 N–H and O–H groups in total. The quantitative estimate of drug-likeness (QED) is 0.682. The van der Waals surface area contributed by atoms with Gasteiger partial charge in [0, 0.05) is 6.04 Å². The van der Waals surface area contributed by atoms with Crippen molar-refractivity contribution in [2.75, 3.05) is 12.9 Å². The van der Waals surface area contributed by atoms with Crippen molar-refractivity contribution in [3.63, 3.8) is 0 Å². The van der Waals surface area contributed by atoms with E-state index in [4.69, 9.17) is 5.11 Å². The van der Waals surface area contributed by atoms with E-state index in [1.165, 1.54) is 0 Å². The van der Waals surface area contributed by atoms with E-state index in [0.29, 0.717) is 6.42 Å². The molecule has 0 aliphatic rings. The van der Waals surface area contributed by atoms with Crippen LogP contribution >= 0.6 is 0 Å². The number of hydrogen-bond donors (Lipinski definition) is 2. The Bertz CT molecular complexity index is 173. The second-order valence-corrected chi connectivity index (χ2v) is 3.96. The lowest BCUT2D eigenvalue weighted by atomic mass is 10.3. The van der Waals surface area contributed by atoms with Crippen LogP contribution in [-0.2, 0) is 10.0 Å². The highest BCUT2D eigenvalue weighted by atomic mass is 32.2. The minimum Gasteiger partial charge on any atom is -0.395 e. The Hall–Kier alpha value is -0.130. The Balaban J connectivity index is 0. The zero-order valence-corrected chi connectivity index (χ0v) is 8.98. The van der Waals surface area contributed by atoms with Crippen molar-refractivity contribution in [3.05, 3.63) is 0 Å². The van der Waals surface area contributed by atoms with Crippen molar-refractivity contribution in [3.8, 4) is 0 Å². The second-order valence-electron chi connectivity index (χ2n) is 2.18. The molecule has 0 aromatic heterocycles. The Morgan fingerprint density at radius 2 is 1.83 bits per heavy atom. The standard InChI is InChI=1S/C5H13NO3S.C2H6/c1-3-5(4-7)6-10(2,8)9;1-2/h5-7H,3-4H2,1-2H3;1-2H3. The van der Waals surface area contributed by atoms with Crippen LogP contribution in [0.5, 0.6) is 0 Å². The lowest BCUT2D eigenvalue weighted by Crippen LogP contribution is -2.35. The average molecular weight is 197 g/mol. The van der Waals surface area contributed by atoms with Crippen molar-refractivity contribution < 1.29 is 13.5 Å². The summed E-state index contributed by atoms with van der Waals surface area (Å²) in [4.78, 5) is 0. The molecule has 76 valence electrons. The third-order valence-corrected chi connectivity index (χ3v) is 1.86. The molecule has 4 nitrogen and oxygen atoms in total. The highest BCUT2D eigenvalue weighted by Gasteiger charge is 2.09. The van der Waals surface area contributed by atoms with E-state index in [-0.39, 0.29) is 12.6 Å². The topological polar surface area (TPSA) is 66.4 Å². The smallest absolute Gasteiger partial charge is 0.209 e. The number of aliphatic hydroxyl groups is 1. The predicted molar refractivity (Wildman–Crippen MR) is 50.5 cm³/mol. The van der Waals surface area contributed by atoms with E-state index in [2.05, 4.69) is 4.72 Å². The lowest BCUT2D eigenvalue weighted by Gasteiger charge is -2.10. The van der Waals surface area contributed by atoms with Crippen LogP contribution in [0, 0.1) is 0 Å². The first kappa shape index (κ1) is 14.4. The Kier molecular flexibility index (Phi) is 9.02. The highest BCUT2D eigenvalue weighted by Crippen LogP contribution is 1.90. The molecule has 0 bridgehead atoms. The Morgan fingerprint density at radius 3 is 1.92 bits per heavy atom. The summed E-state index contributed by atoms with van der Waals surface area (Å²) in [7, 11) is -3.16. The maximum Gasteiger partial charge on any atom is 0.209 e. The normalized spacial score (nSPS) is 13.1. The minimum absolute atomic E-state index is 0.149. The van der Waals surface area contributed by atoms with E-state index in [9.17, 15) is 8.42 Å². The number of hydrogen-bond acceptors (Lipinski definition) is 3. The molecule has 0 saturated carbocycles. The van der Waals surface area contributed by atoms with E-state index in [0.717, 1.165) is 6.26 Å². The molecule has 0 radical (unpaired) electrons. The number of sulfonamides is 1. The molecule has 0 rings (SSSR count). The van der Waals surface area contributed by atoms with Gasteiger partial charge in [0.1, 0.15) is 0 Å². The zero-order chi connectivity index (χ0) is 10.2. The van der Waals surface area contributed by atoms with Crippen molar-refractivity contribution in [1.29, 1.82) is 0 Å². The van der Waals surface area contributed by atoms with Crippen LogP contribution in [0.2, 0.25) is 0 Å². The van der Waals surface area contributed by atoms with E-state index < -0.39 is 10.0 Å². The van der Waals surface area contributed by atoms with Crippen molar-refractivity contribution >= 4 is 10.0 Å². The SMILES string of the molecule is CC.CCC(CO)NS(C)(=O)=O. The van der Waals surface area contributed by atoms with Crippen LogP contribution in [0.1, 0.15) is 27.2 Å². The maximum atomic E-state index is 10.5. The molecule has 0 fully saturated rings. The van der Waals surface area contributed by atoms with Crippen molar-refractivity contribution in [1.82, 2.24) is 4.72 Å². The fraction of sp³-hybridized carbons (Fsp3) is 1.00. The molecule has 0 aromatic carbocycles. The maximum absolute atomic E-state index is 10.5. The number of aliphatic hydroxyl groups excluding tert-OH is 1. The first-order valence-corrected chi connectivity index (χ1v) is 5.97. The summed E-state index contributed by atoms with van der Waals surface area (Å²) in [6.07, 6.45) is 1.68. The van der Waals surface area contributed by atoms with Crippen LogP contribution in [0.15, 0.2) is 0 Å². The third kappa shape index (κ3) is 9.87. The summed E-state index contributed by atoms with van der Waals surface area (Å²) < 4.78 is 23.4. The second kappa shape index (κ2) is 7.52. The van der Waals surface area contributed by atoms with Gasteiger partial charge in [0.2, 0.25) is 10.0 Å². The van der Waals surface area contributed by atoms with Gasteiger partial charge in [0.05, 0.1) is 12.9 Å². The monoisotopic (exact) mass is 197 g/mol. The largest absolute Gasteiger partial charge is 0.395 e. The number of nitrogens with one attached hydrogen (secondary N) is 1. The summed E-state index contributed by atoms with van der Waals surface area (Å²) in [5.41, 5.74) is 0. The minimum atomic E-state index is -3.16. The summed E-state index contributed by atoms with van der Waals surface area (Å²) >= 11 is 0. The van der Waals surface area contributed by atoms with Crippen LogP contribution in [-0.4, -0.2) is 32.4 Å². The van der Waals surface area contributed by atoms with Gasteiger partial charge in [-0.1, -0.05) is 20.8 Å². The van der Waals surface area contributed by atoms with Crippen LogP contribution in [0.4, 0.5) is 0 Å². The predicted octanol–water partition coefficient (Wildman–Crippen LogP) is 0.333. The molecular formula is C7H19NO3S. The third-order valence-electron chi connectivity index (χ3n) is 1.09. The Morgan fingerprint density at radius 1 is 1.42 bits per heavy atom.